The molecule has 1 aromatic heterocycles. The molecule has 37 heavy (non-hydrogen) atoms. The van der Waals surface area contributed by atoms with Gasteiger partial charge >= 0.3 is 0 Å². The quantitative estimate of drug-likeness (QED) is 0.0509. The number of nitrogens with zero attached hydrogens (tertiary/aromatic N) is 3. The van der Waals surface area contributed by atoms with Gasteiger partial charge in [-0.3, -0.25) is 25.4 Å². The van der Waals surface area contributed by atoms with Gasteiger partial charge < -0.3 is 20.7 Å². The molecule has 204 valence electrons. The van der Waals surface area contributed by atoms with Gasteiger partial charge in [-0.1, -0.05) is 35.9 Å². The van der Waals surface area contributed by atoms with Gasteiger partial charge in [-0.15, -0.1) is 0 Å². The van der Waals surface area contributed by atoms with Crippen LogP contribution in [0.25, 0.3) is 0 Å². The van der Waals surface area contributed by atoms with Crippen LogP contribution in [-0.2, 0) is 14.4 Å². The van der Waals surface area contributed by atoms with Crippen molar-refractivity contribution in [2.75, 3.05) is 32.0 Å². The lowest BCUT2D eigenvalue weighted by Gasteiger charge is -2.07. The van der Waals surface area contributed by atoms with Crippen molar-refractivity contribution < 1.29 is 14.4 Å². The average Bonchev–Trinajstić information content (AvgIpc) is 2.92. The fourth-order valence-corrected chi connectivity index (χ4v) is 2.45. The lowest BCUT2D eigenvalue weighted by Crippen LogP contribution is -2.44. The van der Waals surface area contributed by atoms with Gasteiger partial charge in [-0.25, -0.2) is 21.7 Å². The van der Waals surface area contributed by atoms with E-state index in [1.807, 2.05) is 18.2 Å². The van der Waals surface area contributed by atoms with E-state index in [9.17, 15) is 14.4 Å². The minimum Gasteiger partial charge on any atom is -0.355 e. The van der Waals surface area contributed by atoms with E-state index in [0.29, 0.717) is 31.3 Å². The number of hydrogen-bond donors (Lipinski definition) is 7. The Morgan fingerprint density at radius 3 is 2.08 bits per heavy atom. The topological polar surface area (TPSA) is 202 Å². The molecule has 13 nitrogen and oxygen atoms in total. The van der Waals surface area contributed by atoms with Crippen LogP contribution >= 0.6 is 0 Å². The largest absolute Gasteiger partial charge is 0.355 e. The number of guanidine groups is 1. The van der Waals surface area contributed by atoms with Crippen molar-refractivity contribution in [3.05, 3.63) is 54.4 Å². The van der Waals surface area contributed by atoms with Gasteiger partial charge in [0.15, 0.2) is 0 Å². The second-order valence-corrected chi connectivity index (χ2v) is 7.41. The highest BCUT2D eigenvalue weighted by Gasteiger charge is 2.04. The van der Waals surface area contributed by atoms with Crippen LogP contribution < -0.4 is 38.5 Å². The van der Waals surface area contributed by atoms with E-state index in [4.69, 9.17) is 11.7 Å². The molecule has 2 rings (SSSR count). The molecule has 13 heteroatoms. The number of carbonyl (C=O) groups is 3. The van der Waals surface area contributed by atoms with Crippen LogP contribution in [0.4, 0.5) is 5.95 Å². The van der Waals surface area contributed by atoms with Gasteiger partial charge in [0.25, 0.3) is 0 Å². The molecular weight excluding hydrogens is 476 g/mol. The molecule has 0 atom stereocenters. The van der Waals surface area contributed by atoms with Crippen LogP contribution in [0.5, 0.6) is 0 Å². The Morgan fingerprint density at radius 1 is 0.919 bits per heavy atom. The molecule has 9 N–H and O–H groups in total. The summed E-state index contributed by atoms with van der Waals surface area (Å²) >= 11 is 0. The number of aldehydes is 1. The Labute approximate surface area is 218 Å². The maximum atomic E-state index is 11.5. The first-order valence-electron chi connectivity index (χ1n) is 11.9. The van der Waals surface area contributed by atoms with Crippen LogP contribution in [0.2, 0.25) is 0 Å². The third kappa shape index (κ3) is 20.9. The summed E-state index contributed by atoms with van der Waals surface area (Å²) in [4.78, 5) is 44.6. The van der Waals surface area contributed by atoms with Crippen molar-refractivity contribution in [3.8, 4) is 0 Å². The summed E-state index contributed by atoms with van der Waals surface area (Å²) in [6.07, 6.45) is 6.94. The van der Waals surface area contributed by atoms with Crippen molar-refractivity contribution in [2.24, 2.45) is 16.7 Å². The maximum Gasteiger partial charge on any atom is 0.239 e. The Bertz CT molecular complexity index is 877. The number of unbranched alkanes of at least 4 members (excludes halogenated alkanes) is 2. The van der Waals surface area contributed by atoms with Crippen molar-refractivity contribution in [3.63, 3.8) is 0 Å². The number of aryl methyl sites for hydroxylation is 1. The van der Waals surface area contributed by atoms with Crippen molar-refractivity contribution in [1.82, 2.24) is 31.5 Å². The van der Waals surface area contributed by atoms with E-state index >= 15 is 0 Å². The number of aliphatic imine (C=N–C) groups is 1. The van der Waals surface area contributed by atoms with Crippen LogP contribution in [0.15, 0.2) is 53.8 Å². The minimum atomic E-state index is -0.215. The number of benzene rings is 1. The SMILES string of the molecule is CN=C(NN)NN.Cc1ccccc1.O=CCCCC(=O)NCC(=O)NCCCCNc1ncccn1. The third-order valence-electron chi connectivity index (χ3n) is 4.38. The zero-order chi connectivity index (χ0) is 27.6. The summed E-state index contributed by atoms with van der Waals surface area (Å²) in [5, 5.41) is 8.33. The second-order valence-electron chi connectivity index (χ2n) is 7.41. The molecule has 0 unspecified atom stereocenters. The van der Waals surface area contributed by atoms with Crippen LogP contribution in [0.1, 0.15) is 37.7 Å². The van der Waals surface area contributed by atoms with E-state index in [2.05, 4.69) is 60.8 Å². The molecule has 0 aliphatic carbocycles. The second kappa shape index (κ2) is 23.6. The number of hydrogen-bond acceptors (Lipinski definition) is 9. The molecule has 0 aliphatic rings. The van der Waals surface area contributed by atoms with Gasteiger partial charge in [0.2, 0.25) is 23.7 Å². The lowest BCUT2D eigenvalue weighted by molar-refractivity contribution is -0.126. The summed E-state index contributed by atoms with van der Waals surface area (Å²) in [6, 6.07) is 12.0. The number of aromatic nitrogens is 2. The Kier molecular flexibility index (Phi) is 21.0. The highest BCUT2D eigenvalue weighted by atomic mass is 16.2. The predicted octanol–water partition coefficient (Wildman–Crippen LogP) is 0.164. The number of carbonyl (C=O) groups excluding carboxylic acids is 3. The first-order valence-corrected chi connectivity index (χ1v) is 11.9. The molecule has 2 amide bonds. The number of nitrogens with two attached hydrogens (primary N) is 2. The number of amides is 2. The zero-order valence-corrected chi connectivity index (χ0v) is 21.6. The molecule has 0 saturated carbocycles. The predicted molar refractivity (Wildman–Crippen MR) is 145 cm³/mol. The summed E-state index contributed by atoms with van der Waals surface area (Å²) in [5.41, 5.74) is 5.75. The number of nitrogens with one attached hydrogen (secondary N) is 5. The Morgan fingerprint density at radius 2 is 1.57 bits per heavy atom. The molecule has 1 aromatic carbocycles. The van der Waals surface area contributed by atoms with Crippen LogP contribution in [-0.4, -0.2) is 60.7 Å². The third-order valence-corrected chi connectivity index (χ3v) is 4.38. The van der Waals surface area contributed by atoms with Crippen molar-refractivity contribution >= 4 is 30.0 Å². The van der Waals surface area contributed by atoms with E-state index in [1.165, 1.54) is 5.56 Å². The Hall–Kier alpha value is -4.10. The maximum absolute atomic E-state index is 11.5. The van der Waals surface area contributed by atoms with E-state index < -0.39 is 0 Å². The molecule has 0 spiro atoms. The molecular formula is C24H40N10O3. The molecule has 1 heterocycles. The first-order chi connectivity index (χ1) is 18.0. The van der Waals surface area contributed by atoms with Crippen LogP contribution in [0.3, 0.4) is 0 Å². The van der Waals surface area contributed by atoms with Gasteiger partial charge in [-0.2, -0.15) is 0 Å². The summed E-state index contributed by atoms with van der Waals surface area (Å²) in [7, 11) is 1.56. The van der Waals surface area contributed by atoms with Crippen molar-refractivity contribution in [2.45, 2.75) is 39.0 Å². The molecule has 0 saturated heterocycles. The summed E-state index contributed by atoms with van der Waals surface area (Å²) < 4.78 is 0. The standard InChI is InChI=1S/C15H23N5O3.C7H8.C2H9N5/c21-11-4-1-6-13(22)20-12-14(23)16-7-2-3-8-17-15-18-9-5-10-19-15;1-7-5-3-2-4-6-7;1-5-2(6-3)7-4/h5,9-11H,1-4,6-8,12H2,(H,16,23)(H,20,22)(H,17,18,19);2-6H,1H3;3-4H2,1H3,(H2,5,6,7). The minimum absolute atomic E-state index is 0.0317. The fourth-order valence-electron chi connectivity index (χ4n) is 2.45. The first kappa shape index (κ1) is 32.9. The molecule has 0 aliphatic heterocycles. The van der Waals surface area contributed by atoms with E-state index in [1.54, 1.807) is 25.5 Å². The van der Waals surface area contributed by atoms with Crippen LogP contribution in [0, 0.1) is 6.92 Å². The average molecular weight is 517 g/mol. The molecule has 0 bridgehead atoms. The smallest absolute Gasteiger partial charge is 0.239 e. The van der Waals surface area contributed by atoms with E-state index in [0.717, 1.165) is 25.7 Å². The van der Waals surface area contributed by atoms with Gasteiger partial charge in [0.1, 0.15) is 6.29 Å². The highest BCUT2D eigenvalue weighted by molar-refractivity contribution is 5.84. The summed E-state index contributed by atoms with van der Waals surface area (Å²) in [5.74, 6) is 10.3. The number of rotatable bonds is 12. The van der Waals surface area contributed by atoms with Crippen molar-refractivity contribution in [1.29, 1.82) is 0 Å². The van der Waals surface area contributed by atoms with Gasteiger partial charge in [0, 0.05) is 45.4 Å². The van der Waals surface area contributed by atoms with E-state index in [-0.39, 0.29) is 24.8 Å². The Balaban J connectivity index is 0.000000747. The molecule has 0 fully saturated rings. The zero-order valence-electron chi connectivity index (χ0n) is 21.6. The molecule has 0 radical (unpaired) electrons. The molecule has 2 aromatic rings. The lowest BCUT2D eigenvalue weighted by atomic mass is 10.2. The number of hydrazine groups is 2. The van der Waals surface area contributed by atoms with Gasteiger partial charge in [0.05, 0.1) is 6.54 Å². The summed E-state index contributed by atoms with van der Waals surface area (Å²) in [6.45, 7) is 3.33. The number of anilines is 1. The normalized spacial score (nSPS) is 9.19. The monoisotopic (exact) mass is 516 g/mol. The highest BCUT2D eigenvalue weighted by Crippen LogP contribution is 1.95. The van der Waals surface area contributed by atoms with Gasteiger partial charge in [-0.05, 0) is 32.3 Å². The fraction of sp³-hybridized carbons (Fsp3) is 0.417.